The van der Waals surface area contributed by atoms with E-state index in [0.29, 0.717) is 0 Å². The molecule has 0 saturated heterocycles. The van der Waals surface area contributed by atoms with E-state index >= 15 is 0 Å². The standard InChI is InChI=1S/C27H43N/c1-4-5-6-8-21(19-28)12-14-23-15-16-25-18-26-22(13-11-20(2)3)9-7-10-24(26)17-27(23)25/h7,9-10,21,23,25,27H,2,4-6,8,11-19,28H2,1,3H3/t21-,23-,25+,27+/m0/s1. The van der Waals surface area contributed by atoms with Crippen LogP contribution in [-0.4, -0.2) is 6.54 Å². The van der Waals surface area contributed by atoms with E-state index in [-0.39, 0.29) is 0 Å². The molecule has 0 unspecified atom stereocenters. The van der Waals surface area contributed by atoms with Crippen LogP contribution in [0.5, 0.6) is 0 Å². The van der Waals surface area contributed by atoms with Gasteiger partial charge in [0.1, 0.15) is 0 Å². The highest BCUT2D eigenvalue weighted by Gasteiger charge is 2.39. The van der Waals surface area contributed by atoms with Gasteiger partial charge in [0, 0.05) is 0 Å². The van der Waals surface area contributed by atoms with Crippen molar-refractivity contribution >= 4 is 0 Å². The maximum Gasteiger partial charge on any atom is -0.00489 e. The second kappa shape index (κ2) is 10.6. The number of benzene rings is 1. The largest absolute Gasteiger partial charge is 0.330 e. The smallest absolute Gasteiger partial charge is 0.00489 e. The summed E-state index contributed by atoms with van der Waals surface area (Å²) in [7, 11) is 0. The molecule has 1 nitrogen and oxygen atoms in total. The van der Waals surface area contributed by atoms with Crippen LogP contribution >= 0.6 is 0 Å². The van der Waals surface area contributed by atoms with Gasteiger partial charge in [-0.05, 0) is 112 Å². The van der Waals surface area contributed by atoms with E-state index in [9.17, 15) is 0 Å². The lowest BCUT2D eigenvalue weighted by Crippen LogP contribution is -2.26. The Morgan fingerprint density at radius 3 is 2.79 bits per heavy atom. The average molecular weight is 382 g/mol. The predicted octanol–water partition coefficient (Wildman–Crippen LogP) is 6.87. The van der Waals surface area contributed by atoms with Crippen molar-refractivity contribution in [3.8, 4) is 0 Å². The second-order valence-corrected chi connectivity index (χ2v) is 9.86. The zero-order chi connectivity index (χ0) is 19.9. The summed E-state index contributed by atoms with van der Waals surface area (Å²) in [6.07, 6.45) is 16.1. The van der Waals surface area contributed by atoms with Crippen LogP contribution in [0.2, 0.25) is 0 Å². The molecule has 1 heteroatoms. The number of nitrogens with two attached hydrogens (primary N) is 1. The van der Waals surface area contributed by atoms with Crippen molar-refractivity contribution in [1.82, 2.24) is 0 Å². The number of hydrogen-bond donors (Lipinski definition) is 1. The van der Waals surface area contributed by atoms with Gasteiger partial charge in [-0.3, -0.25) is 0 Å². The fraction of sp³-hybridized carbons (Fsp3) is 0.704. The van der Waals surface area contributed by atoms with Crippen molar-refractivity contribution in [2.45, 2.75) is 90.9 Å². The van der Waals surface area contributed by atoms with Crippen LogP contribution in [0.1, 0.15) is 88.3 Å². The van der Waals surface area contributed by atoms with E-state index in [4.69, 9.17) is 5.73 Å². The topological polar surface area (TPSA) is 26.0 Å². The van der Waals surface area contributed by atoms with Crippen molar-refractivity contribution in [3.05, 3.63) is 47.0 Å². The second-order valence-electron chi connectivity index (χ2n) is 9.86. The van der Waals surface area contributed by atoms with E-state index < -0.39 is 0 Å². The van der Waals surface area contributed by atoms with Gasteiger partial charge >= 0.3 is 0 Å². The van der Waals surface area contributed by atoms with Gasteiger partial charge in [0.15, 0.2) is 0 Å². The number of hydrogen-bond acceptors (Lipinski definition) is 1. The molecule has 2 N–H and O–H groups in total. The van der Waals surface area contributed by atoms with Crippen LogP contribution < -0.4 is 5.73 Å². The van der Waals surface area contributed by atoms with Gasteiger partial charge < -0.3 is 5.73 Å². The molecule has 1 fully saturated rings. The third-order valence-corrected chi connectivity index (χ3v) is 7.73. The lowest BCUT2D eigenvalue weighted by atomic mass is 9.72. The molecule has 2 aliphatic carbocycles. The Balaban J connectivity index is 1.58. The summed E-state index contributed by atoms with van der Waals surface area (Å²) >= 11 is 0. The monoisotopic (exact) mass is 381 g/mol. The molecule has 1 aromatic carbocycles. The minimum absolute atomic E-state index is 0.759. The minimum Gasteiger partial charge on any atom is -0.330 e. The molecule has 0 heterocycles. The molecule has 0 amide bonds. The Morgan fingerprint density at radius 1 is 1.18 bits per heavy atom. The summed E-state index contributed by atoms with van der Waals surface area (Å²) < 4.78 is 0. The fourth-order valence-corrected chi connectivity index (χ4v) is 5.94. The SMILES string of the molecule is C=C(C)CCc1cccc2c1C[C@H]1CC[C@H](CC[C@@H](CN)CCCCC)[C@H]1C2. The summed E-state index contributed by atoms with van der Waals surface area (Å²) in [4.78, 5) is 0. The molecule has 0 spiro atoms. The highest BCUT2D eigenvalue weighted by atomic mass is 14.5. The number of allylic oxidation sites excluding steroid dienone is 1. The van der Waals surface area contributed by atoms with E-state index in [0.717, 1.165) is 36.6 Å². The fourth-order valence-electron chi connectivity index (χ4n) is 5.94. The average Bonchev–Trinajstić information content (AvgIpc) is 3.09. The molecule has 1 saturated carbocycles. The van der Waals surface area contributed by atoms with Crippen molar-refractivity contribution in [2.75, 3.05) is 6.54 Å². The molecule has 0 bridgehead atoms. The van der Waals surface area contributed by atoms with Crippen LogP contribution in [-0.2, 0) is 19.3 Å². The maximum atomic E-state index is 6.09. The molecule has 3 rings (SSSR count). The molecule has 2 aliphatic rings. The molecular weight excluding hydrogens is 338 g/mol. The molecule has 28 heavy (non-hydrogen) atoms. The van der Waals surface area contributed by atoms with Crippen LogP contribution in [0, 0.1) is 23.7 Å². The molecule has 0 aliphatic heterocycles. The first-order valence-corrected chi connectivity index (χ1v) is 12.1. The van der Waals surface area contributed by atoms with Crippen molar-refractivity contribution in [1.29, 1.82) is 0 Å². The van der Waals surface area contributed by atoms with Gasteiger partial charge in [0.25, 0.3) is 0 Å². The quantitative estimate of drug-likeness (QED) is 0.328. The lowest BCUT2D eigenvalue weighted by Gasteiger charge is -2.33. The molecule has 0 aromatic heterocycles. The first-order valence-electron chi connectivity index (χ1n) is 12.1. The van der Waals surface area contributed by atoms with Crippen molar-refractivity contribution in [2.24, 2.45) is 29.4 Å². The Hall–Kier alpha value is -1.08. The van der Waals surface area contributed by atoms with Gasteiger partial charge in [0.2, 0.25) is 0 Å². The van der Waals surface area contributed by atoms with Crippen LogP contribution in [0.3, 0.4) is 0 Å². The molecule has 4 atom stereocenters. The number of unbranched alkanes of at least 4 members (excludes halogenated alkanes) is 2. The minimum atomic E-state index is 0.759. The normalized spacial score (nSPS) is 24.6. The Kier molecular flexibility index (Phi) is 8.21. The third kappa shape index (κ3) is 5.50. The van der Waals surface area contributed by atoms with Crippen molar-refractivity contribution in [3.63, 3.8) is 0 Å². The summed E-state index contributed by atoms with van der Waals surface area (Å²) in [5.74, 6) is 3.56. The van der Waals surface area contributed by atoms with Gasteiger partial charge in [-0.2, -0.15) is 0 Å². The number of rotatable bonds is 11. The van der Waals surface area contributed by atoms with Crippen molar-refractivity contribution < 1.29 is 0 Å². The van der Waals surface area contributed by atoms with Gasteiger partial charge in [-0.15, -0.1) is 6.58 Å². The molecule has 156 valence electrons. The van der Waals surface area contributed by atoms with E-state index in [1.807, 2.05) is 0 Å². The summed E-state index contributed by atoms with van der Waals surface area (Å²) in [5.41, 5.74) is 12.4. The van der Waals surface area contributed by atoms with E-state index in [1.54, 1.807) is 16.7 Å². The molecular formula is C27H43N. The first-order chi connectivity index (χ1) is 13.6. The predicted molar refractivity (Wildman–Crippen MR) is 123 cm³/mol. The zero-order valence-corrected chi connectivity index (χ0v) is 18.5. The number of fused-ring (bicyclic) bond motifs is 2. The summed E-state index contributed by atoms with van der Waals surface area (Å²) in [5, 5.41) is 0. The van der Waals surface area contributed by atoms with Gasteiger partial charge in [0.05, 0.1) is 0 Å². The maximum absolute atomic E-state index is 6.09. The lowest BCUT2D eigenvalue weighted by molar-refractivity contribution is 0.260. The van der Waals surface area contributed by atoms with E-state index in [2.05, 4.69) is 38.6 Å². The summed E-state index contributed by atoms with van der Waals surface area (Å²) in [6.45, 7) is 9.44. The highest BCUT2D eigenvalue weighted by molar-refractivity contribution is 5.39. The van der Waals surface area contributed by atoms with E-state index in [1.165, 1.54) is 76.2 Å². The number of aryl methyl sites for hydroxylation is 1. The first kappa shape index (κ1) is 21.6. The highest BCUT2D eigenvalue weighted by Crippen LogP contribution is 2.47. The van der Waals surface area contributed by atoms with Gasteiger partial charge in [-0.1, -0.05) is 50.0 Å². The van der Waals surface area contributed by atoms with Crippen LogP contribution in [0.25, 0.3) is 0 Å². The molecule has 0 radical (unpaired) electrons. The Labute approximate surface area is 174 Å². The Morgan fingerprint density at radius 2 is 2.04 bits per heavy atom. The van der Waals surface area contributed by atoms with Crippen LogP contribution in [0.4, 0.5) is 0 Å². The molecule has 1 aromatic rings. The third-order valence-electron chi connectivity index (χ3n) is 7.73. The van der Waals surface area contributed by atoms with Crippen LogP contribution in [0.15, 0.2) is 30.4 Å². The zero-order valence-electron chi connectivity index (χ0n) is 18.5. The van der Waals surface area contributed by atoms with Gasteiger partial charge in [-0.25, -0.2) is 0 Å². The summed E-state index contributed by atoms with van der Waals surface area (Å²) in [6, 6.07) is 7.09. The Bertz CT molecular complexity index is 631.